The van der Waals surface area contributed by atoms with E-state index in [0.717, 1.165) is 46.3 Å². The van der Waals surface area contributed by atoms with E-state index >= 15 is 0 Å². The highest BCUT2D eigenvalue weighted by Gasteiger charge is 2.18. The van der Waals surface area contributed by atoms with Crippen molar-refractivity contribution in [2.24, 2.45) is 0 Å². The molecule has 0 atom stereocenters. The second-order valence-electron chi connectivity index (χ2n) is 5.84. The van der Waals surface area contributed by atoms with Crippen LogP contribution in [0.15, 0.2) is 29.1 Å². The van der Waals surface area contributed by atoms with E-state index in [1.165, 1.54) is 5.56 Å². The lowest BCUT2D eigenvalue weighted by Gasteiger charge is -2.12. The fourth-order valence-electron chi connectivity index (χ4n) is 2.94. The number of benzene rings is 1. The molecule has 1 aliphatic rings. The Hall–Kier alpha value is -2.96. The third kappa shape index (κ3) is 3.19. The lowest BCUT2D eigenvalue weighted by atomic mass is 10.00. The zero-order valence-electron chi connectivity index (χ0n) is 13.3. The molecule has 0 saturated carbocycles. The number of rotatable bonds is 4. The van der Waals surface area contributed by atoms with Crippen LogP contribution in [0.25, 0.3) is 11.3 Å². The first kappa shape index (κ1) is 15.9. The van der Waals surface area contributed by atoms with Gasteiger partial charge in [0.15, 0.2) is 0 Å². The summed E-state index contributed by atoms with van der Waals surface area (Å²) in [5, 5.41) is 4.43. The molecule has 0 saturated heterocycles. The Morgan fingerprint density at radius 3 is 2.88 bits per heavy atom. The molecule has 3 rings (SSSR count). The standard InChI is InChI=1S/C17H18N4O3/c1-11-5-6-12-3-2-4-13-8-16(24)21(9-15(23)19-18-10-22)20-17(13)14(12)7-11/h5-8,10H,2-4,9H2,1H3,(H,18,22)(H,19,23). The number of nitrogens with zero attached hydrogens (tertiary/aromatic N) is 2. The Morgan fingerprint density at radius 2 is 2.08 bits per heavy atom. The average Bonchev–Trinajstić information content (AvgIpc) is 2.72. The van der Waals surface area contributed by atoms with Crippen LogP contribution in [0.3, 0.4) is 0 Å². The molecule has 1 aliphatic carbocycles. The van der Waals surface area contributed by atoms with Crippen LogP contribution in [0.2, 0.25) is 0 Å². The Balaban J connectivity index is 2.03. The zero-order valence-corrected chi connectivity index (χ0v) is 13.3. The second-order valence-corrected chi connectivity index (χ2v) is 5.84. The number of fused-ring (bicyclic) bond motifs is 3. The fourth-order valence-corrected chi connectivity index (χ4v) is 2.94. The molecule has 2 aromatic rings. The Kier molecular flexibility index (Phi) is 4.41. The summed E-state index contributed by atoms with van der Waals surface area (Å²) >= 11 is 0. The number of nitrogens with one attached hydrogen (secondary N) is 2. The summed E-state index contributed by atoms with van der Waals surface area (Å²) in [6.07, 6.45) is 3.02. The fraction of sp³-hybridized carbons (Fsp3) is 0.294. The van der Waals surface area contributed by atoms with Crippen molar-refractivity contribution >= 4 is 12.3 Å². The van der Waals surface area contributed by atoms with E-state index in [4.69, 9.17) is 0 Å². The monoisotopic (exact) mass is 326 g/mol. The Morgan fingerprint density at radius 1 is 1.29 bits per heavy atom. The molecule has 0 spiro atoms. The SMILES string of the molecule is Cc1ccc2c(c1)-c1nn(CC(=O)NNC=O)c(=O)cc1CCC2. The largest absolute Gasteiger partial charge is 0.277 e. The molecule has 0 radical (unpaired) electrons. The average molecular weight is 326 g/mol. The topological polar surface area (TPSA) is 93.1 Å². The Bertz CT molecular complexity index is 857. The van der Waals surface area contributed by atoms with Crippen molar-refractivity contribution in [3.8, 4) is 11.3 Å². The van der Waals surface area contributed by atoms with Crippen molar-refractivity contribution in [1.29, 1.82) is 0 Å². The minimum absolute atomic E-state index is 0.256. The molecule has 0 unspecified atom stereocenters. The van der Waals surface area contributed by atoms with Crippen molar-refractivity contribution in [1.82, 2.24) is 20.6 Å². The molecule has 24 heavy (non-hydrogen) atoms. The highest BCUT2D eigenvalue weighted by molar-refractivity contribution is 5.76. The lowest BCUT2D eigenvalue weighted by Crippen LogP contribution is -2.40. The van der Waals surface area contributed by atoms with Crippen LogP contribution in [0, 0.1) is 6.92 Å². The van der Waals surface area contributed by atoms with Crippen molar-refractivity contribution in [2.75, 3.05) is 0 Å². The van der Waals surface area contributed by atoms with E-state index in [1.54, 1.807) is 6.07 Å². The zero-order chi connectivity index (χ0) is 17.1. The predicted molar refractivity (Wildman–Crippen MR) is 88.0 cm³/mol. The van der Waals surface area contributed by atoms with Gasteiger partial charge in [-0.2, -0.15) is 5.10 Å². The summed E-state index contributed by atoms with van der Waals surface area (Å²) in [7, 11) is 0. The van der Waals surface area contributed by atoms with Crippen molar-refractivity contribution in [2.45, 2.75) is 32.7 Å². The molecule has 2 amide bonds. The van der Waals surface area contributed by atoms with E-state index in [-0.39, 0.29) is 12.1 Å². The van der Waals surface area contributed by atoms with Gasteiger partial charge in [-0.3, -0.25) is 25.2 Å². The summed E-state index contributed by atoms with van der Waals surface area (Å²) in [6, 6.07) is 7.78. The van der Waals surface area contributed by atoms with E-state index in [9.17, 15) is 14.4 Å². The number of aromatic nitrogens is 2. The summed E-state index contributed by atoms with van der Waals surface area (Å²) in [6.45, 7) is 1.76. The van der Waals surface area contributed by atoms with Gasteiger partial charge in [-0.15, -0.1) is 0 Å². The highest BCUT2D eigenvalue weighted by atomic mass is 16.2. The van der Waals surface area contributed by atoms with Crippen LogP contribution in [0.5, 0.6) is 0 Å². The number of hydrazine groups is 1. The van der Waals surface area contributed by atoms with Crippen LogP contribution >= 0.6 is 0 Å². The smallest absolute Gasteiger partial charge is 0.267 e. The summed E-state index contributed by atoms with van der Waals surface area (Å²) in [4.78, 5) is 34.2. The van der Waals surface area contributed by atoms with Gasteiger partial charge < -0.3 is 0 Å². The number of carbonyl (C=O) groups is 2. The molecule has 0 bridgehead atoms. The second kappa shape index (κ2) is 6.66. The number of hydrogen-bond acceptors (Lipinski definition) is 4. The van der Waals surface area contributed by atoms with Gasteiger partial charge in [0.2, 0.25) is 6.41 Å². The first-order chi connectivity index (χ1) is 11.6. The van der Waals surface area contributed by atoms with Crippen molar-refractivity contribution in [3.05, 3.63) is 51.3 Å². The maximum Gasteiger partial charge on any atom is 0.267 e. The summed E-state index contributed by atoms with van der Waals surface area (Å²) in [5.74, 6) is -0.519. The van der Waals surface area contributed by atoms with Crippen LogP contribution in [0.4, 0.5) is 0 Å². The normalized spacial score (nSPS) is 12.5. The van der Waals surface area contributed by atoms with Crippen LogP contribution in [0.1, 0.15) is 23.1 Å². The van der Waals surface area contributed by atoms with Gasteiger partial charge in [-0.25, -0.2) is 4.68 Å². The van der Waals surface area contributed by atoms with Crippen molar-refractivity contribution in [3.63, 3.8) is 0 Å². The lowest BCUT2D eigenvalue weighted by molar-refractivity contribution is -0.125. The molecule has 1 aromatic carbocycles. The highest BCUT2D eigenvalue weighted by Crippen LogP contribution is 2.30. The first-order valence-corrected chi connectivity index (χ1v) is 7.77. The van der Waals surface area contributed by atoms with Crippen molar-refractivity contribution < 1.29 is 9.59 Å². The Labute approximate surface area is 138 Å². The van der Waals surface area contributed by atoms with E-state index < -0.39 is 5.91 Å². The molecule has 0 aliphatic heterocycles. The minimum atomic E-state index is -0.519. The van der Waals surface area contributed by atoms with E-state index in [1.807, 2.05) is 6.92 Å². The maximum atomic E-state index is 12.2. The van der Waals surface area contributed by atoms with Gasteiger partial charge in [-0.05, 0) is 43.4 Å². The van der Waals surface area contributed by atoms with E-state index in [0.29, 0.717) is 6.41 Å². The third-order valence-corrected chi connectivity index (χ3v) is 4.05. The summed E-state index contributed by atoms with van der Waals surface area (Å²) in [5.41, 5.74) is 8.90. The van der Waals surface area contributed by atoms with Crippen LogP contribution in [-0.4, -0.2) is 22.1 Å². The van der Waals surface area contributed by atoms with Gasteiger partial charge in [0.05, 0.1) is 5.69 Å². The first-order valence-electron chi connectivity index (χ1n) is 7.77. The quantitative estimate of drug-likeness (QED) is 0.631. The molecule has 2 N–H and O–H groups in total. The number of amides is 2. The van der Waals surface area contributed by atoms with Gasteiger partial charge in [0, 0.05) is 11.6 Å². The van der Waals surface area contributed by atoms with Gasteiger partial charge >= 0.3 is 0 Å². The molecule has 7 heteroatoms. The molecular weight excluding hydrogens is 308 g/mol. The number of hydrogen-bond donors (Lipinski definition) is 2. The minimum Gasteiger partial charge on any atom is -0.277 e. The van der Waals surface area contributed by atoms with Crippen LogP contribution in [-0.2, 0) is 29.0 Å². The maximum absolute atomic E-state index is 12.2. The molecule has 0 fully saturated rings. The van der Waals surface area contributed by atoms with Crippen LogP contribution < -0.4 is 16.4 Å². The number of carbonyl (C=O) groups excluding carboxylic acids is 2. The van der Waals surface area contributed by atoms with Gasteiger partial charge in [-0.1, -0.05) is 17.7 Å². The third-order valence-electron chi connectivity index (χ3n) is 4.05. The predicted octanol–water partition coefficient (Wildman–Crippen LogP) is 0.485. The van der Waals surface area contributed by atoms with Gasteiger partial charge in [0.25, 0.3) is 11.5 Å². The molecule has 124 valence electrons. The van der Waals surface area contributed by atoms with E-state index in [2.05, 4.69) is 34.1 Å². The number of aryl methyl sites for hydroxylation is 3. The van der Waals surface area contributed by atoms with Gasteiger partial charge in [0.1, 0.15) is 6.54 Å². The molecule has 1 aromatic heterocycles. The molecule has 1 heterocycles. The molecule has 7 nitrogen and oxygen atoms in total. The summed E-state index contributed by atoms with van der Waals surface area (Å²) < 4.78 is 1.12. The molecular formula is C17H18N4O3.